The average molecular weight is 544 g/mol. The van der Waals surface area contributed by atoms with Gasteiger partial charge >= 0.3 is 24.3 Å². The molecular weight excluding hydrogens is 525 g/mol. The highest BCUT2D eigenvalue weighted by molar-refractivity contribution is 5.73. The smallest absolute Gasteiger partial charge is 0.490 e. The Hall–Kier alpha value is -3.76. The van der Waals surface area contributed by atoms with Gasteiger partial charge in [0.05, 0.1) is 43.8 Å². The van der Waals surface area contributed by atoms with E-state index in [1.165, 1.54) is 12.4 Å². The highest BCUT2D eigenvalue weighted by Gasteiger charge is 2.52. The number of fused-ring (bicyclic) bond motifs is 1. The molecule has 2 aliphatic rings. The number of halogens is 7. The number of alkyl halides is 6. The van der Waals surface area contributed by atoms with Crippen LogP contribution in [0, 0.1) is 17.2 Å². The predicted octanol–water partition coefficient (Wildman–Crippen LogP) is 2.81. The summed E-state index contributed by atoms with van der Waals surface area (Å²) in [6.07, 6.45) is -4.34. The Balaban J connectivity index is 0.000000286. The molecular formula is C20H19F7N4O6. The van der Waals surface area contributed by atoms with Gasteiger partial charge in [0.2, 0.25) is 5.95 Å². The van der Waals surface area contributed by atoms with Gasteiger partial charge in [-0.05, 0) is 12.1 Å². The number of carboxylic acid groups (broad SMARTS) is 2. The summed E-state index contributed by atoms with van der Waals surface area (Å²) >= 11 is 0. The van der Waals surface area contributed by atoms with Gasteiger partial charge in [-0.2, -0.15) is 26.3 Å². The van der Waals surface area contributed by atoms with Crippen molar-refractivity contribution >= 4 is 17.9 Å². The van der Waals surface area contributed by atoms with Crippen LogP contribution in [0.2, 0.25) is 0 Å². The quantitative estimate of drug-likeness (QED) is 0.554. The van der Waals surface area contributed by atoms with E-state index < -0.39 is 30.1 Å². The molecule has 2 N–H and O–H groups in total. The van der Waals surface area contributed by atoms with Crippen LogP contribution in [0.15, 0.2) is 36.9 Å². The van der Waals surface area contributed by atoms with Crippen molar-refractivity contribution in [2.45, 2.75) is 12.4 Å². The van der Waals surface area contributed by atoms with Crippen molar-refractivity contribution in [3.8, 4) is 5.75 Å². The molecule has 4 heterocycles. The first-order valence-corrected chi connectivity index (χ1v) is 10.1. The molecule has 10 nitrogen and oxygen atoms in total. The summed E-state index contributed by atoms with van der Waals surface area (Å²) in [5.41, 5.74) is -0.0897. The second-order valence-electron chi connectivity index (χ2n) is 7.74. The Morgan fingerprint density at radius 2 is 1.65 bits per heavy atom. The van der Waals surface area contributed by atoms with Gasteiger partial charge in [-0.15, -0.1) is 0 Å². The summed E-state index contributed by atoms with van der Waals surface area (Å²) in [5, 5.41) is 14.2. The van der Waals surface area contributed by atoms with Gasteiger partial charge in [-0.1, -0.05) is 0 Å². The van der Waals surface area contributed by atoms with Crippen LogP contribution in [0.3, 0.4) is 0 Å². The minimum absolute atomic E-state index is 0.0897. The summed E-state index contributed by atoms with van der Waals surface area (Å²) < 4.78 is 88.1. The Kier molecular flexibility index (Phi) is 9.55. The van der Waals surface area contributed by atoms with Gasteiger partial charge in [0.15, 0.2) is 5.82 Å². The molecule has 0 amide bonds. The van der Waals surface area contributed by atoms with Crippen molar-refractivity contribution < 1.29 is 60.0 Å². The number of hydrogen-bond acceptors (Lipinski definition) is 8. The van der Waals surface area contributed by atoms with Crippen LogP contribution in [-0.4, -0.2) is 82.4 Å². The number of hydrogen-bond donors (Lipinski definition) is 2. The molecule has 2 saturated heterocycles. The number of anilines is 1. The minimum atomic E-state index is -5.08. The first kappa shape index (κ1) is 29.5. The molecule has 2 aromatic heterocycles. The van der Waals surface area contributed by atoms with Crippen LogP contribution < -0.4 is 9.64 Å². The number of carboxylic acids is 2. The maximum atomic E-state index is 13.0. The average Bonchev–Trinajstić information content (AvgIpc) is 3.36. The van der Waals surface area contributed by atoms with Crippen molar-refractivity contribution in [3.05, 3.63) is 42.7 Å². The lowest BCUT2D eigenvalue weighted by atomic mass is 9.82. The fourth-order valence-corrected chi connectivity index (χ4v) is 3.32. The zero-order chi connectivity index (χ0) is 27.9. The van der Waals surface area contributed by atoms with Crippen LogP contribution in [0.4, 0.5) is 36.7 Å². The van der Waals surface area contributed by atoms with Crippen molar-refractivity contribution in [2.75, 3.05) is 37.8 Å². The molecule has 0 bridgehead atoms. The summed E-state index contributed by atoms with van der Waals surface area (Å²) in [4.78, 5) is 32.1. The van der Waals surface area contributed by atoms with Crippen LogP contribution in [0.1, 0.15) is 0 Å². The highest BCUT2D eigenvalue weighted by atomic mass is 19.4. The third-order valence-electron chi connectivity index (χ3n) is 5.06. The molecule has 0 saturated carbocycles. The molecule has 0 unspecified atom stereocenters. The highest BCUT2D eigenvalue weighted by Crippen LogP contribution is 2.42. The van der Waals surface area contributed by atoms with E-state index in [4.69, 9.17) is 29.3 Å². The molecule has 204 valence electrons. The molecule has 37 heavy (non-hydrogen) atoms. The summed E-state index contributed by atoms with van der Waals surface area (Å²) in [7, 11) is 0. The molecule has 17 heteroatoms. The number of rotatable bonds is 4. The first-order chi connectivity index (χ1) is 17.1. The van der Waals surface area contributed by atoms with E-state index in [0.29, 0.717) is 31.7 Å². The maximum absolute atomic E-state index is 13.0. The van der Waals surface area contributed by atoms with Crippen LogP contribution in [0.25, 0.3) is 0 Å². The van der Waals surface area contributed by atoms with Crippen molar-refractivity contribution in [2.24, 2.45) is 11.3 Å². The lowest BCUT2D eigenvalue weighted by Gasteiger charge is -2.27. The maximum Gasteiger partial charge on any atom is 0.490 e. The van der Waals surface area contributed by atoms with E-state index in [1.807, 2.05) is 12.1 Å². The van der Waals surface area contributed by atoms with Crippen LogP contribution in [-0.2, 0) is 14.3 Å². The van der Waals surface area contributed by atoms with Gasteiger partial charge in [0, 0.05) is 25.2 Å². The fourth-order valence-electron chi connectivity index (χ4n) is 3.32. The number of aromatic nitrogens is 3. The molecule has 2 aliphatic heterocycles. The van der Waals surface area contributed by atoms with E-state index in [2.05, 4.69) is 19.9 Å². The van der Waals surface area contributed by atoms with Crippen molar-refractivity contribution in [3.63, 3.8) is 0 Å². The summed E-state index contributed by atoms with van der Waals surface area (Å²) in [6.45, 7) is 3.44. The summed E-state index contributed by atoms with van der Waals surface area (Å²) in [6, 6.07) is 3.74. The number of pyridine rings is 1. The Bertz CT molecular complexity index is 1020. The zero-order valence-electron chi connectivity index (χ0n) is 18.5. The largest absolute Gasteiger partial charge is 0.491 e. The summed E-state index contributed by atoms with van der Waals surface area (Å²) in [5.74, 6) is -4.27. The number of carbonyl (C=O) groups is 2. The van der Waals surface area contributed by atoms with Gasteiger partial charge < -0.3 is 24.6 Å². The van der Waals surface area contributed by atoms with E-state index >= 15 is 0 Å². The van der Waals surface area contributed by atoms with E-state index in [1.54, 1.807) is 12.4 Å². The molecule has 0 radical (unpaired) electrons. The molecule has 2 fully saturated rings. The lowest BCUT2D eigenvalue weighted by molar-refractivity contribution is -0.193. The standard InChI is InChI=1S/C16H17FN4O2.2C2HF3O2/c17-13-4-19-15(20-5-13)21-7-12-8-22-10-16(12,9-21)11-23-14-2-1-3-18-6-14;2*3-2(4,5)1(6)7/h1-6,12H,7-11H2;2*(H,6,7)/t12-,16+;;/m1../s1. The zero-order valence-corrected chi connectivity index (χ0v) is 18.5. The van der Waals surface area contributed by atoms with E-state index in [0.717, 1.165) is 18.8 Å². The minimum Gasteiger partial charge on any atom is -0.491 e. The van der Waals surface area contributed by atoms with Gasteiger partial charge in [-0.25, -0.2) is 23.9 Å². The second-order valence-corrected chi connectivity index (χ2v) is 7.74. The molecule has 0 spiro atoms. The number of nitrogens with zero attached hydrogens (tertiary/aromatic N) is 4. The van der Waals surface area contributed by atoms with E-state index in [-0.39, 0.29) is 5.41 Å². The Labute approximate surface area is 203 Å². The Morgan fingerprint density at radius 3 is 2.14 bits per heavy atom. The lowest BCUT2D eigenvalue weighted by Crippen LogP contribution is -2.37. The molecule has 2 aromatic rings. The Morgan fingerprint density at radius 1 is 1.08 bits per heavy atom. The predicted molar refractivity (Wildman–Crippen MR) is 108 cm³/mol. The van der Waals surface area contributed by atoms with E-state index in [9.17, 15) is 30.7 Å². The monoisotopic (exact) mass is 544 g/mol. The van der Waals surface area contributed by atoms with Crippen molar-refractivity contribution in [1.82, 2.24) is 15.0 Å². The van der Waals surface area contributed by atoms with Gasteiger partial charge in [0.1, 0.15) is 5.75 Å². The van der Waals surface area contributed by atoms with Gasteiger partial charge in [-0.3, -0.25) is 4.98 Å². The molecule has 2 atom stereocenters. The van der Waals surface area contributed by atoms with Crippen molar-refractivity contribution in [1.29, 1.82) is 0 Å². The first-order valence-electron chi connectivity index (χ1n) is 10.1. The number of ether oxygens (including phenoxy) is 2. The van der Waals surface area contributed by atoms with Crippen LogP contribution >= 0.6 is 0 Å². The third-order valence-corrected chi connectivity index (χ3v) is 5.06. The SMILES string of the molecule is Fc1cnc(N2C[C@@H]3COC[C@]3(COc3cccnc3)C2)nc1.O=C(O)C(F)(F)F.O=C(O)C(F)(F)F. The van der Waals surface area contributed by atoms with Crippen LogP contribution in [0.5, 0.6) is 5.75 Å². The number of aliphatic carboxylic acids is 2. The molecule has 4 rings (SSSR count). The fraction of sp³-hybridized carbons (Fsp3) is 0.450. The normalized spacial score (nSPS) is 20.6. The third kappa shape index (κ3) is 8.69. The second kappa shape index (κ2) is 12.0. The molecule has 0 aromatic carbocycles. The van der Waals surface area contributed by atoms with Gasteiger partial charge in [0.25, 0.3) is 0 Å². The topological polar surface area (TPSA) is 135 Å². The molecule has 0 aliphatic carbocycles.